The SMILES string of the molecule is CCOC(=O)ON1CCC=C(C=NO)C1. The maximum absolute atomic E-state index is 11.0. The summed E-state index contributed by atoms with van der Waals surface area (Å²) in [5.74, 6) is 0. The molecule has 1 N–H and O–H groups in total. The molecule has 0 aliphatic carbocycles. The first kappa shape index (κ1) is 11.5. The van der Waals surface area contributed by atoms with E-state index in [-0.39, 0.29) is 6.61 Å². The van der Waals surface area contributed by atoms with Crippen LogP contribution in [0.5, 0.6) is 0 Å². The second kappa shape index (κ2) is 6.02. The average molecular weight is 214 g/mol. The zero-order valence-corrected chi connectivity index (χ0v) is 8.55. The highest BCUT2D eigenvalue weighted by molar-refractivity contribution is 5.78. The molecule has 0 radical (unpaired) electrons. The molecule has 0 spiro atoms. The average Bonchev–Trinajstić information content (AvgIpc) is 2.19. The maximum atomic E-state index is 11.0. The molecule has 0 saturated heterocycles. The van der Waals surface area contributed by atoms with Gasteiger partial charge in [0.25, 0.3) is 0 Å². The van der Waals surface area contributed by atoms with Gasteiger partial charge in [-0.15, -0.1) is 5.06 Å². The zero-order chi connectivity index (χ0) is 11.1. The van der Waals surface area contributed by atoms with Crippen LogP contribution in [0.25, 0.3) is 0 Å². The van der Waals surface area contributed by atoms with E-state index in [0.29, 0.717) is 13.1 Å². The van der Waals surface area contributed by atoms with E-state index in [9.17, 15) is 4.79 Å². The second-order valence-corrected chi connectivity index (χ2v) is 2.95. The zero-order valence-electron chi connectivity index (χ0n) is 8.55. The van der Waals surface area contributed by atoms with Crippen molar-refractivity contribution in [2.24, 2.45) is 5.16 Å². The molecule has 0 bridgehead atoms. The Balaban J connectivity index is 2.39. The minimum atomic E-state index is -0.709. The van der Waals surface area contributed by atoms with Crippen LogP contribution >= 0.6 is 0 Å². The monoisotopic (exact) mass is 214 g/mol. The summed E-state index contributed by atoms with van der Waals surface area (Å²) in [5.41, 5.74) is 0.799. The molecule has 6 heteroatoms. The van der Waals surface area contributed by atoms with Gasteiger partial charge in [-0.25, -0.2) is 4.79 Å². The lowest BCUT2D eigenvalue weighted by Gasteiger charge is -2.23. The van der Waals surface area contributed by atoms with E-state index in [2.05, 4.69) is 9.89 Å². The predicted octanol–water partition coefficient (Wildman–Crippen LogP) is 1.17. The normalized spacial score (nSPS) is 17.5. The van der Waals surface area contributed by atoms with E-state index in [4.69, 9.17) is 10.0 Å². The lowest BCUT2D eigenvalue weighted by Crippen LogP contribution is -2.33. The van der Waals surface area contributed by atoms with Gasteiger partial charge < -0.3 is 14.8 Å². The van der Waals surface area contributed by atoms with Gasteiger partial charge >= 0.3 is 6.16 Å². The summed E-state index contributed by atoms with van der Waals surface area (Å²) >= 11 is 0. The van der Waals surface area contributed by atoms with Crippen molar-refractivity contribution in [1.29, 1.82) is 0 Å². The first-order chi connectivity index (χ1) is 7.26. The van der Waals surface area contributed by atoms with Gasteiger partial charge in [-0.05, 0) is 18.9 Å². The summed E-state index contributed by atoms with van der Waals surface area (Å²) in [6, 6.07) is 0. The van der Waals surface area contributed by atoms with E-state index < -0.39 is 6.16 Å². The summed E-state index contributed by atoms with van der Waals surface area (Å²) in [6.45, 7) is 3.01. The standard InChI is InChI=1S/C9H14N2O4/c1-2-14-9(12)15-11-5-3-4-8(7-11)6-10-13/h4,6,13H,2-3,5,7H2,1H3. The van der Waals surface area contributed by atoms with Crippen LogP contribution in [-0.2, 0) is 9.57 Å². The van der Waals surface area contributed by atoms with E-state index in [1.165, 1.54) is 11.3 Å². The lowest BCUT2D eigenvalue weighted by atomic mass is 10.2. The quantitative estimate of drug-likeness (QED) is 0.330. The van der Waals surface area contributed by atoms with E-state index in [1.54, 1.807) is 6.92 Å². The molecule has 0 aromatic rings. The fourth-order valence-corrected chi connectivity index (χ4v) is 1.24. The van der Waals surface area contributed by atoms with Gasteiger partial charge in [0.2, 0.25) is 0 Å². The minimum Gasteiger partial charge on any atom is -0.433 e. The number of hydrogen-bond donors (Lipinski definition) is 1. The van der Waals surface area contributed by atoms with Crippen molar-refractivity contribution < 1.29 is 19.6 Å². The van der Waals surface area contributed by atoms with Gasteiger partial charge in [-0.2, -0.15) is 0 Å². The fourth-order valence-electron chi connectivity index (χ4n) is 1.24. The maximum Gasteiger partial charge on any atom is 0.527 e. The minimum absolute atomic E-state index is 0.285. The highest BCUT2D eigenvalue weighted by atomic mass is 16.8. The van der Waals surface area contributed by atoms with Crippen molar-refractivity contribution >= 4 is 12.4 Å². The third-order valence-corrected chi connectivity index (χ3v) is 1.83. The second-order valence-electron chi connectivity index (χ2n) is 2.95. The summed E-state index contributed by atoms with van der Waals surface area (Å²) in [7, 11) is 0. The molecule has 0 fully saturated rings. The van der Waals surface area contributed by atoms with Crippen LogP contribution in [0.3, 0.4) is 0 Å². The van der Waals surface area contributed by atoms with Gasteiger partial charge in [0, 0.05) is 6.54 Å². The summed E-state index contributed by atoms with van der Waals surface area (Å²) in [6.07, 6.45) is 3.27. The van der Waals surface area contributed by atoms with Crippen molar-refractivity contribution in [3.05, 3.63) is 11.6 Å². The molecule has 1 heterocycles. The molecule has 1 rings (SSSR count). The van der Waals surface area contributed by atoms with Crippen LogP contribution in [0.15, 0.2) is 16.8 Å². The number of rotatable bonds is 3. The molecule has 0 saturated carbocycles. The van der Waals surface area contributed by atoms with Crippen LogP contribution in [0.1, 0.15) is 13.3 Å². The van der Waals surface area contributed by atoms with Crippen molar-refractivity contribution in [1.82, 2.24) is 5.06 Å². The highest BCUT2D eigenvalue weighted by Gasteiger charge is 2.16. The molecule has 0 atom stereocenters. The van der Waals surface area contributed by atoms with Gasteiger partial charge in [0.1, 0.15) is 0 Å². The summed E-state index contributed by atoms with van der Waals surface area (Å²) in [5, 5.41) is 12.7. The molecule has 0 unspecified atom stereocenters. The van der Waals surface area contributed by atoms with Gasteiger partial charge in [0.15, 0.2) is 0 Å². The predicted molar refractivity (Wildman–Crippen MR) is 52.7 cm³/mol. The van der Waals surface area contributed by atoms with Crippen molar-refractivity contribution in [2.75, 3.05) is 19.7 Å². The topological polar surface area (TPSA) is 71.4 Å². The Morgan fingerprint density at radius 2 is 2.60 bits per heavy atom. The van der Waals surface area contributed by atoms with Crippen LogP contribution in [0, 0.1) is 0 Å². The van der Waals surface area contributed by atoms with Crippen LogP contribution in [0.2, 0.25) is 0 Å². The van der Waals surface area contributed by atoms with Crippen molar-refractivity contribution in [3.8, 4) is 0 Å². The molecule has 84 valence electrons. The lowest BCUT2D eigenvalue weighted by molar-refractivity contribution is -0.122. The van der Waals surface area contributed by atoms with Gasteiger partial charge in [-0.1, -0.05) is 11.2 Å². The molecule has 6 nitrogen and oxygen atoms in total. The molecule has 0 aromatic heterocycles. The van der Waals surface area contributed by atoms with E-state index in [0.717, 1.165) is 12.0 Å². The Morgan fingerprint density at radius 1 is 1.80 bits per heavy atom. The number of oxime groups is 1. The smallest absolute Gasteiger partial charge is 0.433 e. The molecule has 1 aliphatic heterocycles. The number of hydrogen-bond acceptors (Lipinski definition) is 6. The van der Waals surface area contributed by atoms with E-state index in [1.807, 2.05) is 6.08 Å². The largest absolute Gasteiger partial charge is 0.527 e. The molecule has 0 aromatic carbocycles. The molecule has 15 heavy (non-hydrogen) atoms. The number of nitrogens with zero attached hydrogens (tertiary/aromatic N) is 2. The number of carbonyl (C=O) groups excluding carboxylic acids is 1. The first-order valence-corrected chi connectivity index (χ1v) is 4.72. The van der Waals surface area contributed by atoms with Gasteiger partial charge in [-0.3, -0.25) is 0 Å². The third-order valence-electron chi connectivity index (χ3n) is 1.83. The van der Waals surface area contributed by atoms with Gasteiger partial charge in [0.05, 0.1) is 19.4 Å². The first-order valence-electron chi connectivity index (χ1n) is 4.72. The number of carbonyl (C=O) groups is 1. The van der Waals surface area contributed by atoms with Crippen LogP contribution in [0.4, 0.5) is 4.79 Å². The Hall–Kier alpha value is -1.56. The number of ether oxygens (including phenoxy) is 1. The summed E-state index contributed by atoms with van der Waals surface area (Å²) in [4.78, 5) is 15.9. The van der Waals surface area contributed by atoms with Crippen molar-refractivity contribution in [2.45, 2.75) is 13.3 Å². The van der Waals surface area contributed by atoms with Crippen LogP contribution < -0.4 is 0 Å². The Morgan fingerprint density at radius 3 is 3.27 bits per heavy atom. The third kappa shape index (κ3) is 3.99. The molecule has 0 amide bonds. The molecule has 1 aliphatic rings. The van der Waals surface area contributed by atoms with Crippen molar-refractivity contribution in [3.63, 3.8) is 0 Å². The fraction of sp³-hybridized carbons (Fsp3) is 0.556. The van der Waals surface area contributed by atoms with E-state index >= 15 is 0 Å². The Bertz CT molecular complexity index is 275. The molecular formula is C9H14N2O4. The summed E-state index contributed by atoms with van der Waals surface area (Å²) < 4.78 is 4.63. The highest BCUT2D eigenvalue weighted by Crippen LogP contribution is 2.08. The van der Waals surface area contributed by atoms with Crippen LogP contribution in [-0.4, -0.2) is 42.3 Å². The Kier molecular flexibility index (Phi) is 4.62. The molecular weight excluding hydrogens is 200 g/mol. The number of hydroxylamine groups is 2. The Labute approximate surface area is 87.7 Å².